The van der Waals surface area contributed by atoms with Crippen molar-refractivity contribution in [3.63, 3.8) is 0 Å². The van der Waals surface area contributed by atoms with Crippen LogP contribution in [0.25, 0.3) is 0 Å². The largest absolute Gasteiger partial charge is 0.468 e. The van der Waals surface area contributed by atoms with Gasteiger partial charge in [0.05, 0.1) is 39.4 Å². The Kier molecular flexibility index (Phi) is 13.0. The predicted octanol–water partition coefficient (Wildman–Crippen LogP) is 2.75. The molecule has 0 saturated heterocycles. The average molecular weight is 638 g/mol. The van der Waals surface area contributed by atoms with Crippen molar-refractivity contribution in [3.05, 3.63) is 96.1 Å². The number of nitrogens with two attached hydrogens (primary N) is 1. The molecule has 0 spiro atoms. The third-order valence-corrected chi connectivity index (χ3v) is 8.77. The van der Waals surface area contributed by atoms with E-state index in [0.29, 0.717) is 16.8 Å². The molecule has 15 heteroatoms. The first-order chi connectivity index (χ1) is 20.6. The van der Waals surface area contributed by atoms with Crippen LogP contribution in [0.15, 0.2) is 89.8 Å². The van der Waals surface area contributed by atoms with Gasteiger partial charge in [-0.2, -0.15) is 13.9 Å². The van der Waals surface area contributed by atoms with E-state index >= 15 is 0 Å². The van der Waals surface area contributed by atoms with Crippen molar-refractivity contribution >= 4 is 35.5 Å². The van der Waals surface area contributed by atoms with Crippen LogP contribution in [-0.2, 0) is 65.0 Å². The second kappa shape index (κ2) is 16.4. The molecular weight excluding hydrogens is 603 g/mol. The minimum absolute atomic E-state index is 0.157. The Balaban J connectivity index is 1.86. The Bertz CT molecular complexity index is 1430. The summed E-state index contributed by atoms with van der Waals surface area (Å²) in [5, 5.41) is 2.51. The van der Waals surface area contributed by atoms with Crippen LogP contribution in [0.5, 0.6) is 0 Å². The molecule has 3 aromatic carbocycles. The van der Waals surface area contributed by atoms with Crippen molar-refractivity contribution in [2.24, 2.45) is 0 Å². The standard InChI is InChI=1S/C28H33N2O11PS/c1-36-27(31)25(18-26(28(32)37-2)41-43(34,35)24-16-14-23(15-17-24)29-38-3)30-42(33,39-19-21-10-6-4-7-11-21)40-20-22-12-8-5-9-13-22/h4-17,25-26,29H,18-20H2,1-3H3,(H,30,33)/p+1. The summed E-state index contributed by atoms with van der Waals surface area (Å²) in [5.74, 6) is -2.09. The molecule has 2 unspecified atom stereocenters. The van der Waals surface area contributed by atoms with Gasteiger partial charge in [-0.05, 0) is 23.3 Å². The first kappa shape index (κ1) is 34.0. The number of hydrogen-bond acceptors (Lipinski definition) is 11. The maximum Gasteiger partial charge on any atom is 0.406 e. The molecule has 0 aliphatic heterocycles. The minimum atomic E-state index is -4.53. The van der Waals surface area contributed by atoms with Crippen molar-refractivity contribution in [1.82, 2.24) is 5.09 Å². The first-order valence-electron chi connectivity index (χ1n) is 12.9. The fraction of sp³-hybridized carbons (Fsp3) is 0.286. The summed E-state index contributed by atoms with van der Waals surface area (Å²) in [6.45, 7) is -0.314. The summed E-state index contributed by atoms with van der Waals surface area (Å²) >= 11 is 0. The van der Waals surface area contributed by atoms with Crippen LogP contribution in [0.4, 0.5) is 5.69 Å². The van der Waals surface area contributed by atoms with Gasteiger partial charge in [0.15, 0.2) is 11.8 Å². The van der Waals surface area contributed by atoms with Gasteiger partial charge in [0.25, 0.3) is 10.1 Å². The van der Waals surface area contributed by atoms with Crippen LogP contribution < -0.4 is 10.6 Å². The highest BCUT2D eigenvalue weighted by Crippen LogP contribution is 2.46. The molecule has 2 atom stereocenters. The van der Waals surface area contributed by atoms with E-state index in [0.717, 1.165) is 14.2 Å². The molecule has 43 heavy (non-hydrogen) atoms. The molecule has 13 nitrogen and oxygen atoms in total. The highest BCUT2D eigenvalue weighted by atomic mass is 32.2. The van der Waals surface area contributed by atoms with E-state index in [1.54, 1.807) is 60.7 Å². The van der Waals surface area contributed by atoms with Crippen molar-refractivity contribution < 1.29 is 55.6 Å². The van der Waals surface area contributed by atoms with Gasteiger partial charge in [0.1, 0.15) is 6.04 Å². The fourth-order valence-corrected chi connectivity index (χ4v) is 6.19. The number of rotatable bonds is 17. The van der Waals surface area contributed by atoms with Crippen LogP contribution in [-0.4, -0.2) is 53.8 Å². The summed E-state index contributed by atoms with van der Waals surface area (Å²) in [7, 11) is -5.30. The SMILES string of the molecule is CO[NH2+]c1ccc(S(=O)(=O)OC(CC(NP(=O)(OCc2ccccc2)OCc2ccccc2)C(=O)OC)C(=O)OC)cc1. The predicted molar refractivity (Wildman–Crippen MR) is 153 cm³/mol. The number of quaternary nitrogens is 1. The molecule has 0 aliphatic carbocycles. The average Bonchev–Trinajstić information content (AvgIpc) is 3.03. The lowest BCUT2D eigenvalue weighted by atomic mass is 10.1. The topological polar surface area (TPSA) is 169 Å². The number of nitrogens with one attached hydrogen (secondary N) is 1. The van der Waals surface area contributed by atoms with Crippen LogP contribution in [0, 0.1) is 0 Å². The molecule has 0 aromatic heterocycles. The molecule has 0 heterocycles. The Morgan fingerprint density at radius 3 is 1.77 bits per heavy atom. The minimum Gasteiger partial charge on any atom is -0.468 e. The first-order valence-corrected chi connectivity index (χ1v) is 15.8. The summed E-state index contributed by atoms with van der Waals surface area (Å²) in [5.41, 5.74) is 3.32. The maximum absolute atomic E-state index is 14.0. The molecule has 0 bridgehead atoms. The van der Waals surface area contributed by atoms with E-state index in [1.165, 1.54) is 36.9 Å². The van der Waals surface area contributed by atoms with Gasteiger partial charge in [-0.1, -0.05) is 60.7 Å². The molecule has 3 aromatic rings. The molecule has 0 radical (unpaired) electrons. The monoisotopic (exact) mass is 637 g/mol. The van der Waals surface area contributed by atoms with E-state index in [4.69, 9.17) is 27.5 Å². The number of methoxy groups -OCH3 is 2. The highest BCUT2D eigenvalue weighted by Gasteiger charge is 2.39. The molecule has 0 saturated carbocycles. The number of ether oxygens (including phenoxy) is 2. The lowest BCUT2D eigenvalue weighted by molar-refractivity contribution is -0.830. The molecule has 0 fully saturated rings. The van der Waals surface area contributed by atoms with Crippen molar-refractivity contribution in [3.8, 4) is 0 Å². The number of esters is 2. The van der Waals surface area contributed by atoms with Crippen LogP contribution in [0.3, 0.4) is 0 Å². The lowest BCUT2D eigenvalue weighted by Gasteiger charge is -2.26. The van der Waals surface area contributed by atoms with Crippen LogP contribution in [0.2, 0.25) is 0 Å². The second-order valence-electron chi connectivity index (χ2n) is 8.94. The van der Waals surface area contributed by atoms with Gasteiger partial charge >= 0.3 is 19.7 Å². The lowest BCUT2D eigenvalue weighted by Crippen LogP contribution is -2.75. The van der Waals surface area contributed by atoms with Gasteiger partial charge in [0, 0.05) is 18.6 Å². The zero-order valence-electron chi connectivity index (χ0n) is 23.8. The van der Waals surface area contributed by atoms with Gasteiger partial charge in [-0.3, -0.25) is 18.0 Å². The molecule has 3 N–H and O–H groups in total. The zero-order chi connectivity index (χ0) is 31.3. The smallest absolute Gasteiger partial charge is 0.406 e. The third kappa shape index (κ3) is 10.6. The highest BCUT2D eigenvalue weighted by molar-refractivity contribution is 7.86. The Morgan fingerprint density at radius 1 is 0.791 bits per heavy atom. The normalized spacial score (nSPS) is 13.2. The van der Waals surface area contributed by atoms with E-state index < -0.39 is 48.4 Å². The quantitative estimate of drug-likeness (QED) is 0.0731. The second-order valence-corrected chi connectivity index (χ2v) is 12.3. The van der Waals surface area contributed by atoms with Gasteiger partial charge < -0.3 is 9.47 Å². The Labute approximate surface area is 250 Å². The number of hydrogen-bond donors (Lipinski definition) is 2. The Morgan fingerprint density at radius 2 is 1.30 bits per heavy atom. The fourth-order valence-electron chi connectivity index (χ4n) is 3.69. The number of carbonyl (C=O) groups is 2. The third-order valence-electron chi connectivity index (χ3n) is 5.87. The van der Waals surface area contributed by atoms with Crippen molar-refractivity contribution in [1.29, 1.82) is 0 Å². The summed E-state index contributed by atoms with van der Waals surface area (Å²) in [4.78, 5) is 30.1. The maximum atomic E-state index is 14.0. The van der Waals surface area contributed by atoms with E-state index in [1.807, 2.05) is 0 Å². The molecule has 232 valence electrons. The summed E-state index contributed by atoms with van der Waals surface area (Å²) in [6.07, 6.45) is -2.50. The van der Waals surface area contributed by atoms with E-state index in [-0.39, 0.29) is 18.1 Å². The molecular formula is C28H34N2O11PS+. The van der Waals surface area contributed by atoms with Gasteiger partial charge in [0.2, 0.25) is 0 Å². The van der Waals surface area contributed by atoms with E-state index in [9.17, 15) is 22.6 Å². The van der Waals surface area contributed by atoms with Crippen molar-refractivity contribution in [2.45, 2.75) is 36.7 Å². The number of benzene rings is 3. The van der Waals surface area contributed by atoms with Crippen molar-refractivity contribution in [2.75, 3.05) is 21.3 Å². The number of carbonyl (C=O) groups excluding carboxylic acids is 2. The van der Waals surface area contributed by atoms with E-state index in [2.05, 4.69) is 5.09 Å². The zero-order valence-corrected chi connectivity index (χ0v) is 25.5. The Hall–Kier alpha value is -3.46. The summed E-state index contributed by atoms with van der Waals surface area (Å²) < 4.78 is 66.2. The van der Waals surface area contributed by atoms with Gasteiger partial charge in [-0.15, -0.1) is 0 Å². The molecule has 3 rings (SSSR count). The molecule has 0 amide bonds. The van der Waals surface area contributed by atoms with Crippen LogP contribution >= 0.6 is 7.75 Å². The molecule has 0 aliphatic rings. The summed E-state index contributed by atoms with van der Waals surface area (Å²) in [6, 6.07) is 21.5. The van der Waals surface area contributed by atoms with Gasteiger partial charge in [-0.25, -0.2) is 19.3 Å². The van der Waals surface area contributed by atoms with Crippen LogP contribution in [0.1, 0.15) is 17.5 Å².